The molecule has 0 bridgehead atoms. The fourth-order valence-corrected chi connectivity index (χ4v) is 3.52. The van der Waals surface area contributed by atoms with Gasteiger partial charge in [-0.25, -0.2) is 9.97 Å². The molecule has 1 N–H and O–H groups in total. The van der Waals surface area contributed by atoms with E-state index in [1.807, 2.05) is 11.8 Å². The molecule has 1 saturated heterocycles. The molecule has 4 nitrogen and oxygen atoms in total. The third-order valence-corrected chi connectivity index (χ3v) is 5.00. The summed E-state index contributed by atoms with van der Waals surface area (Å²) in [5.74, 6) is 3.82. The van der Waals surface area contributed by atoms with E-state index in [9.17, 15) is 0 Å². The van der Waals surface area contributed by atoms with Crippen LogP contribution in [0.15, 0.2) is 0 Å². The molecule has 0 aliphatic carbocycles. The number of aromatic nitrogens is 2. The normalized spacial score (nSPS) is 19.4. The van der Waals surface area contributed by atoms with Crippen molar-refractivity contribution >= 4 is 40.2 Å². The third-order valence-electron chi connectivity index (χ3n) is 2.87. The summed E-state index contributed by atoms with van der Waals surface area (Å²) in [6.07, 6.45) is 2.13. The molecule has 0 amide bonds. The fourth-order valence-electron chi connectivity index (χ4n) is 1.98. The van der Waals surface area contributed by atoms with Crippen molar-refractivity contribution < 1.29 is 4.74 Å². The third kappa shape index (κ3) is 3.95. The lowest BCUT2D eigenvalue weighted by Gasteiger charge is -2.22. The molecule has 0 radical (unpaired) electrons. The number of hydrogen-bond acceptors (Lipinski definition) is 5. The highest BCUT2D eigenvalue weighted by Gasteiger charge is 2.22. The van der Waals surface area contributed by atoms with Crippen molar-refractivity contribution in [3.8, 4) is 0 Å². The number of aryl methyl sites for hydroxylation is 1. The molecule has 0 saturated carbocycles. The highest BCUT2D eigenvalue weighted by atomic mass is 127. The second-order valence-corrected chi connectivity index (χ2v) is 6.63. The van der Waals surface area contributed by atoms with Crippen molar-refractivity contribution in [2.24, 2.45) is 0 Å². The molecule has 0 aromatic carbocycles. The molecule has 6 heteroatoms. The van der Waals surface area contributed by atoms with Crippen molar-refractivity contribution in [3.63, 3.8) is 0 Å². The minimum atomic E-state index is 0.0452. The summed E-state index contributed by atoms with van der Waals surface area (Å²) in [5.41, 5.74) is 1.14. The summed E-state index contributed by atoms with van der Waals surface area (Å²) in [6.45, 7) is 5.94. The molecule has 1 fully saturated rings. The zero-order valence-electron chi connectivity index (χ0n) is 11.4. The van der Waals surface area contributed by atoms with Gasteiger partial charge < -0.3 is 10.1 Å². The van der Waals surface area contributed by atoms with Crippen LogP contribution in [0, 0.1) is 3.57 Å². The molecular weight excluding hydrogens is 373 g/mol. The first kappa shape index (κ1) is 15.3. The van der Waals surface area contributed by atoms with E-state index in [2.05, 4.69) is 46.7 Å². The number of thioether (sulfide) groups is 1. The smallest absolute Gasteiger partial charge is 0.160 e. The molecule has 1 aliphatic rings. The van der Waals surface area contributed by atoms with Gasteiger partial charge in [-0.15, -0.1) is 0 Å². The van der Waals surface area contributed by atoms with Crippen molar-refractivity contribution in [1.82, 2.24) is 9.97 Å². The fraction of sp³-hybridized carbons (Fsp3) is 0.692. The molecule has 1 aromatic rings. The number of rotatable bonds is 5. The van der Waals surface area contributed by atoms with Gasteiger partial charge in [-0.05, 0) is 35.9 Å². The minimum absolute atomic E-state index is 0.0452. The van der Waals surface area contributed by atoms with E-state index >= 15 is 0 Å². The van der Waals surface area contributed by atoms with Crippen molar-refractivity contribution in [2.75, 3.05) is 30.0 Å². The summed E-state index contributed by atoms with van der Waals surface area (Å²) in [5, 5.41) is 3.33. The quantitative estimate of drug-likeness (QED) is 0.779. The van der Waals surface area contributed by atoms with E-state index in [4.69, 9.17) is 9.72 Å². The van der Waals surface area contributed by atoms with Crippen LogP contribution >= 0.6 is 34.4 Å². The van der Waals surface area contributed by atoms with E-state index in [1.54, 1.807) is 0 Å². The summed E-state index contributed by atoms with van der Waals surface area (Å²) in [6, 6.07) is 0. The van der Waals surface area contributed by atoms with Crippen LogP contribution in [-0.2, 0) is 11.2 Å². The molecule has 106 valence electrons. The molecule has 19 heavy (non-hydrogen) atoms. The Hall–Kier alpha value is -0.0800. The molecule has 2 heterocycles. The Morgan fingerprint density at radius 3 is 2.89 bits per heavy atom. The first-order chi connectivity index (χ1) is 9.26. The maximum absolute atomic E-state index is 5.79. The lowest BCUT2D eigenvalue weighted by Crippen LogP contribution is -2.20. The van der Waals surface area contributed by atoms with Crippen LogP contribution in [0.2, 0.25) is 0 Å². The summed E-state index contributed by atoms with van der Waals surface area (Å²) < 4.78 is 6.94. The highest BCUT2D eigenvalue weighted by molar-refractivity contribution is 14.1. The maximum Gasteiger partial charge on any atom is 0.160 e. The molecule has 1 aromatic heterocycles. The Morgan fingerprint density at radius 1 is 1.42 bits per heavy atom. The van der Waals surface area contributed by atoms with E-state index in [0.717, 1.165) is 58.4 Å². The Kier molecular flexibility index (Phi) is 6.15. The largest absolute Gasteiger partial charge is 0.369 e. The van der Waals surface area contributed by atoms with Crippen molar-refractivity contribution in [3.05, 3.63) is 15.1 Å². The number of anilines is 1. The second-order valence-electron chi connectivity index (χ2n) is 4.41. The lowest BCUT2D eigenvalue weighted by molar-refractivity contribution is 0.0693. The highest BCUT2D eigenvalue weighted by Crippen LogP contribution is 2.28. The minimum Gasteiger partial charge on any atom is -0.369 e. The predicted molar refractivity (Wildman–Crippen MR) is 88.9 cm³/mol. The van der Waals surface area contributed by atoms with E-state index < -0.39 is 0 Å². The van der Waals surface area contributed by atoms with Crippen LogP contribution in [0.25, 0.3) is 0 Å². The Bertz CT molecular complexity index is 397. The van der Waals surface area contributed by atoms with Gasteiger partial charge in [0.1, 0.15) is 11.9 Å². The van der Waals surface area contributed by atoms with Crippen molar-refractivity contribution in [2.45, 2.75) is 32.8 Å². The van der Waals surface area contributed by atoms with Gasteiger partial charge in [-0.2, -0.15) is 11.8 Å². The molecular formula is C13H20IN3OS. The lowest BCUT2D eigenvalue weighted by atomic mass is 10.2. The second kappa shape index (κ2) is 7.64. The molecule has 1 aliphatic heterocycles. The van der Waals surface area contributed by atoms with Crippen LogP contribution in [0.3, 0.4) is 0 Å². The van der Waals surface area contributed by atoms with Crippen LogP contribution in [0.5, 0.6) is 0 Å². The number of nitrogens with one attached hydrogen (secondary N) is 1. The molecule has 0 spiro atoms. The molecule has 1 unspecified atom stereocenters. The number of halogens is 1. The van der Waals surface area contributed by atoms with Crippen LogP contribution < -0.4 is 5.32 Å². The topological polar surface area (TPSA) is 47.0 Å². The van der Waals surface area contributed by atoms with Gasteiger partial charge in [0.2, 0.25) is 0 Å². The Labute approximate surface area is 132 Å². The van der Waals surface area contributed by atoms with Gasteiger partial charge in [-0.3, -0.25) is 0 Å². The number of hydrogen-bond donors (Lipinski definition) is 1. The molecule has 2 rings (SSSR count). The first-order valence-corrected chi connectivity index (χ1v) is 8.99. The Balaban J connectivity index is 2.30. The standard InChI is InChI=1S/C13H20IN3OS/c1-3-5-9-11(14)13(15-4-2)17-12(16-9)10-8-19-7-6-18-10/h10H,3-8H2,1-2H3,(H,15,16,17). The average Bonchev–Trinajstić information content (AvgIpc) is 2.44. The van der Waals surface area contributed by atoms with Gasteiger partial charge >= 0.3 is 0 Å². The van der Waals surface area contributed by atoms with Gasteiger partial charge in [0.25, 0.3) is 0 Å². The summed E-state index contributed by atoms with van der Waals surface area (Å²) in [4.78, 5) is 9.39. The monoisotopic (exact) mass is 393 g/mol. The van der Waals surface area contributed by atoms with Gasteiger partial charge in [-0.1, -0.05) is 13.3 Å². The van der Waals surface area contributed by atoms with Crippen LogP contribution in [0.4, 0.5) is 5.82 Å². The van der Waals surface area contributed by atoms with Gasteiger partial charge in [0.15, 0.2) is 5.82 Å². The van der Waals surface area contributed by atoms with Crippen LogP contribution in [0.1, 0.15) is 37.9 Å². The summed E-state index contributed by atoms with van der Waals surface area (Å²) >= 11 is 4.25. The Morgan fingerprint density at radius 2 is 2.26 bits per heavy atom. The van der Waals surface area contributed by atoms with Gasteiger partial charge in [0, 0.05) is 18.1 Å². The van der Waals surface area contributed by atoms with E-state index in [-0.39, 0.29) is 6.10 Å². The van der Waals surface area contributed by atoms with E-state index in [0.29, 0.717) is 0 Å². The number of nitrogens with zero attached hydrogens (tertiary/aromatic N) is 2. The zero-order valence-corrected chi connectivity index (χ0v) is 14.4. The average molecular weight is 393 g/mol. The molecule has 1 atom stereocenters. The number of ether oxygens (including phenoxy) is 1. The van der Waals surface area contributed by atoms with Crippen molar-refractivity contribution in [1.29, 1.82) is 0 Å². The SMILES string of the molecule is CCCc1nc(C2CSCCO2)nc(NCC)c1I. The zero-order chi connectivity index (χ0) is 13.7. The van der Waals surface area contributed by atoms with Gasteiger partial charge in [0.05, 0.1) is 15.9 Å². The first-order valence-electron chi connectivity index (χ1n) is 6.75. The van der Waals surface area contributed by atoms with E-state index in [1.165, 1.54) is 0 Å². The summed E-state index contributed by atoms with van der Waals surface area (Å²) in [7, 11) is 0. The predicted octanol–water partition coefficient (Wildman–Crippen LogP) is 3.27. The van der Waals surface area contributed by atoms with Crippen LogP contribution in [-0.4, -0.2) is 34.6 Å². The maximum atomic E-state index is 5.79.